The van der Waals surface area contributed by atoms with Gasteiger partial charge in [-0.2, -0.15) is 0 Å². The number of carbonyl (C=O) groups excluding carboxylic acids is 1. The number of hydrogen-bond donors (Lipinski definition) is 0. The first-order valence-electron chi connectivity index (χ1n) is 6.83. The van der Waals surface area contributed by atoms with Gasteiger partial charge in [0.2, 0.25) is 0 Å². The Morgan fingerprint density at radius 1 is 1.10 bits per heavy atom. The van der Waals surface area contributed by atoms with Crippen LogP contribution in [-0.4, -0.2) is 12.9 Å². The van der Waals surface area contributed by atoms with E-state index >= 15 is 0 Å². The van der Waals surface area contributed by atoms with Crippen molar-refractivity contribution in [3.05, 3.63) is 64.7 Å². The fourth-order valence-electron chi connectivity index (χ4n) is 2.26. The van der Waals surface area contributed by atoms with Crippen molar-refractivity contribution in [1.82, 2.24) is 0 Å². The SMILES string of the molecule is COc1cccc(CCC(=O)c2cc(C)ccc2C)c1. The second-order valence-corrected chi connectivity index (χ2v) is 5.09. The van der Waals surface area contributed by atoms with Crippen molar-refractivity contribution in [2.24, 2.45) is 0 Å². The molecule has 2 aromatic carbocycles. The topological polar surface area (TPSA) is 26.3 Å². The number of methoxy groups -OCH3 is 1. The number of ketones is 1. The fourth-order valence-corrected chi connectivity index (χ4v) is 2.26. The predicted molar refractivity (Wildman–Crippen MR) is 81.6 cm³/mol. The summed E-state index contributed by atoms with van der Waals surface area (Å²) in [7, 11) is 1.65. The van der Waals surface area contributed by atoms with Gasteiger partial charge in [0, 0.05) is 12.0 Å². The molecule has 0 fully saturated rings. The van der Waals surface area contributed by atoms with Crippen LogP contribution in [-0.2, 0) is 6.42 Å². The Labute approximate surface area is 120 Å². The Bertz CT molecular complexity index is 615. The van der Waals surface area contributed by atoms with Gasteiger partial charge in [-0.25, -0.2) is 0 Å². The van der Waals surface area contributed by atoms with Gasteiger partial charge < -0.3 is 4.74 Å². The average Bonchev–Trinajstić information content (AvgIpc) is 2.47. The number of rotatable bonds is 5. The Morgan fingerprint density at radius 2 is 1.90 bits per heavy atom. The maximum absolute atomic E-state index is 12.3. The van der Waals surface area contributed by atoms with Crippen LogP contribution in [0.2, 0.25) is 0 Å². The quantitative estimate of drug-likeness (QED) is 0.762. The number of ether oxygens (including phenoxy) is 1. The summed E-state index contributed by atoms with van der Waals surface area (Å²) in [5.41, 5.74) is 4.14. The van der Waals surface area contributed by atoms with E-state index in [0.29, 0.717) is 6.42 Å². The highest BCUT2D eigenvalue weighted by atomic mass is 16.5. The van der Waals surface area contributed by atoms with Gasteiger partial charge in [-0.05, 0) is 49.6 Å². The standard InChI is InChI=1S/C18H20O2/c1-13-7-8-14(2)17(11-13)18(19)10-9-15-5-4-6-16(12-15)20-3/h4-8,11-12H,9-10H2,1-3H3. The zero-order valence-electron chi connectivity index (χ0n) is 12.3. The molecule has 0 N–H and O–H groups in total. The first-order valence-corrected chi connectivity index (χ1v) is 6.83. The summed E-state index contributed by atoms with van der Waals surface area (Å²) in [6.07, 6.45) is 1.26. The zero-order chi connectivity index (χ0) is 14.5. The van der Waals surface area contributed by atoms with Gasteiger partial charge >= 0.3 is 0 Å². The van der Waals surface area contributed by atoms with E-state index in [4.69, 9.17) is 4.74 Å². The Hall–Kier alpha value is -2.09. The first-order chi connectivity index (χ1) is 9.60. The van der Waals surface area contributed by atoms with Crippen LogP contribution in [0.5, 0.6) is 5.75 Å². The van der Waals surface area contributed by atoms with Crippen molar-refractivity contribution in [3.8, 4) is 5.75 Å². The van der Waals surface area contributed by atoms with Gasteiger partial charge in [-0.3, -0.25) is 4.79 Å². The largest absolute Gasteiger partial charge is 0.497 e. The normalized spacial score (nSPS) is 10.3. The highest BCUT2D eigenvalue weighted by molar-refractivity contribution is 5.97. The van der Waals surface area contributed by atoms with Crippen molar-refractivity contribution in [1.29, 1.82) is 0 Å². The third kappa shape index (κ3) is 3.47. The highest BCUT2D eigenvalue weighted by Gasteiger charge is 2.09. The minimum Gasteiger partial charge on any atom is -0.497 e. The van der Waals surface area contributed by atoms with Crippen molar-refractivity contribution in [2.75, 3.05) is 7.11 Å². The molecule has 0 bridgehead atoms. The van der Waals surface area contributed by atoms with Crippen LogP contribution in [0.15, 0.2) is 42.5 Å². The maximum atomic E-state index is 12.3. The molecule has 0 aliphatic rings. The molecule has 0 unspecified atom stereocenters. The van der Waals surface area contributed by atoms with Crippen LogP contribution in [0.4, 0.5) is 0 Å². The third-order valence-electron chi connectivity index (χ3n) is 3.47. The molecule has 2 rings (SSSR count). The molecule has 0 atom stereocenters. The molecule has 0 aliphatic heterocycles. The van der Waals surface area contributed by atoms with E-state index in [-0.39, 0.29) is 5.78 Å². The highest BCUT2D eigenvalue weighted by Crippen LogP contribution is 2.17. The minimum atomic E-state index is 0.203. The molecular formula is C18H20O2. The molecule has 2 aromatic rings. The lowest BCUT2D eigenvalue weighted by molar-refractivity contribution is 0.0982. The van der Waals surface area contributed by atoms with Crippen LogP contribution >= 0.6 is 0 Å². The second-order valence-electron chi connectivity index (χ2n) is 5.09. The van der Waals surface area contributed by atoms with Crippen LogP contribution in [0.1, 0.15) is 33.5 Å². The van der Waals surface area contributed by atoms with E-state index < -0.39 is 0 Å². The summed E-state index contributed by atoms with van der Waals surface area (Å²) in [5, 5.41) is 0. The lowest BCUT2D eigenvalue weighted by atomic mass is 9.97. The molecule has 0 saturated carbocycles. The lowest BCUT2D eigenvalue weighted by Crippen LogP contribution is -2.04. The van der Waals surface area contributed by atoms with E-state index in [2.05, 4.69) is 0 Å². The molecule has 0 radical (unpaired) electrons. The van der Waals surface area contributed by atoms with Crippen LogP contribution in [0.3, 0.4) is 0 Å². The van der Waals surface area contributed by atoms with E-state index in [1.54, 1.807) is 7.11 Å². The van der Waals surface area contributed by atoms with Crippen molar-refractivity contribution in [2.45, 2.75) is 26.7 Å². The number of carbonyl (C=O) groups is 1. The van der Waals surface area contributed by atoms with Gasteiger partial charge in [-0.15, -0.1) is 0 Å². The molecule has 2 heteroatoms. The van der Waals surface area contributed by atoms with Gasteiger partial charge in [0.25, 0.3) is 0 Å². The molecule has 0 heterocycles. The van der Waals surface area contributed by atoms with Crippen LogP contribution in [0.25, 0.3) is 0 Å². The number of aryl methyl sites for hydroxylation is 3. The summed E-state index contributed by atoms with van der Waals surface area (Å²) in [6.45, 7) is 4.00. The first kappa shape index (κ1) is 14.3. The van der Waals surface area contributed by atoms with E-state index in [0.717, 1.165) is 34.4 Å². The van der Waals surface area contributed by atoms with E-state index in [1.165, 1.54) is 0 Å². The molecule has 0 aliphatic carbocycles. The smallest absolute Gasteiger partial charge is 0.163 e. The Balaban J connectivity index is 2.06. The second kappa shape index (κ2) is 6.38. The monoisotopic (exact) mass is 268 g/mol. The van der Waals surface area contributed by atoms with Crippen LogP contribution in [0, 0.1) is 13.8 Å². The molecule has 2 nitrogen and oxygen atoms in total. The Kier molecular flexibility index (Phi) is 4.57. The fraction of sp³-hybridized carbons (Fsp3) is 0.278. The molecule has 0 spiro atoms. The predicted octanol–water partition coefficient (Wildman–Crippen LogP) is 4.13. The molecular weight excluding hydrogens is 248 g/mol. The third-order valence-corrected chi connectivity index (χ3v) is 3.47. The van der Waals surface area contributed by atoms with Gasteiger partial charge in [0.15, 0.2) is 5.78 Å². The summed E-state index contributed by atoms with van der Waals surface area (Å²) >= 11 is 0. The van der Waals surface area contributed by atoms with Gasteiger partial charge in [0.1, 0.15) is 5.75 Å². The minimum absolute atomic E-state index is 0.203. The number of Topliss-reactive ketones (excluding diaryl/α,β-unsaturated/α-hetero) is 1. The lowest BCUT2D eigenvalue weighted by Gasteiger charge is -2.07. The van der Waals surface area contributed by atoms with Crippen molar-refractivity contribution in [3.63, 3.8) is 0 Å². The van der Waals surface area contributed by atoms with Crippen molar-refractivity contribution < 1.29 is 9.53 Å². The van der Waals surface area contributed by atoms with E-state index in [1.807, 2.05) is 56.3 Å². The number of hydrogen-bond acceptors (Lipinski definition) is 2. The summed E-state index contributed by atoms with van der Waals surface area (Å²) in [5.74, 6) is 1.04. The maximum Gasteiger partial charge on any atom is 0.163 e. The average molecular weight is 268 g/mol. The zero-order valence-corrected chi connectivity index (χ0v) is 12.3. The molecule has 20 heavy (non-hydrogen) atoms. The Morgan fingerprint density at radius 3 is 2.65 bits per heavy atom. The molecule has 0 saturated heterocycles. The van der Waals surface area contributed by atoms with Crippen molar-refractivity contribution >= 4 is 5.78 Å². The summed E-state index contributed by atoms with van der Waals surface area (Å²) < 4.78 is 5.20. The summed E-state index contributed by atoms with van der Waals surface area (Å²) in [6, 6.07) is 13.9. The van der Waals surface area contributed by atoms with Gasteiger partial charge in [-0.1, -0.05) is 29.8 Å². The van der Waals surface area contributed by atoms with E-state index in [9.17, 15) is 4.79 Å². The summed E-state index contributed by atoms with van der Waals surface area (Å²) in [4.78, 5) is 12.3. The van der Waals surface area contributed by atoms with Gasteiger partial charge in [0.05, 0.1) is 7.11 Å². The molecule has 104 valence electrons. The molecule has 0 amide bonds. The number of benzene rings is 2. The van der Waals surface area contributed by atoms with Crippen LogP contribution < -0.4 is 4.74 Å². The molecule has 0 aromatic heterocycles.